The lowest BCUT2D eigenvalue weighted by atomic mass is 9.73. The summed E-state index contributed by atoms with van der Waals surface area (Å²) >= 11 is 1.83. The van der Waals surface area contributed by atoms with Crippen LogP contribution in [0.2, 0.25) is 0 Å². The van der Waals surface area contributed by atoms with Crippen molar-refractivity contribution < 1.29 is 0 Å². The van der Waals surface area contributed by atoms with Gasteiger partial charge < -0.3 is 5.73 Å². The minimum absolute atomic E-state index is 0.452. The third-order valence-electron chi connectivity index (χ3n) is 4.58. The standard InChI is InChI=1S/C16H22N2S/c1-11-6-2-3-7-12(11)13(10-17)16-18-14-8-4-5-9-15(14)19-16/h4-5,8-9,11-13H,2-3,6-7,10,17H2,1H3. The summed E-state index contributed by atoms with van der Waals surface area (Å²) in [5, 5.41) is 1.25. The summed E-state index contributed by atoms with van der Waals surface area (Å²) in [6.45, 7) is 3.12. The average Bonchev–Trinajstić information content (AvgIpc) is 2.85. The molecule has 0 aliphatic heterocycles. The quantitative estimate of drug-likeness (QED) is 0.912. The van der Waals surface area contributed by atoms with Crippen molar-refractivity contribution in [3.05, 3.63) is 29.3 Å². The first-order valence-electron chi connectivity index (χ1n) is 7.35. The van der Waals surface area contributed by atoms with Gasteiger partial charge in [-0.1, -0.05) is 38.3 Å². The summed E-state index contributed by atoms with van der Waals surface area (Å²) in [6.07, 6.45) is 5.41. The van der Waals surface area contributed by atoms with Gasteiger partial charge in [0.1, 0.15) is 0 Å². The van der Waals surface area contributed by atoms with E-state index in [0.29, 0.717) is 5.92 Å². The molecule has 0 spiro atoms. The molecule has 3 heteroatoms. The average molecular weight is 274 g/mol. The lowest BCUT2D eigenvalue weighted by molar-refractivity contribution is 0.218. The molecule has 0 radical (unpaired) electrons. The normalized spacial score (nSPS) is 25.6. The van der Waals surface area contributed by atoms with Crippen molar-refractivity contribution in [2.75, 3.05) is 6.54 Å². The van der Waals surface area contributed by atoms with E-state index in [1.807, 2.05) is 11.3 Å². The molecular formula is C16H22N2S. The number of thiazole rings is 1. The molecule has 0 amide bonds. The molecule has 1 aliphatic rings. The van der Waals surface area contributed by atoms with Gasteiger partial charge in [-0.05, 0) is 30.4 Å². The summed E-state index contributed by atoms with van der Waals surface area (Å²) in [5.74, 6) is 1.96. The molecule has 1 heterocycles. The number of aromatic nitrogens is 1. The van der Waals surface area contributed by atoms with Crippen LogP contribution in [-0.4, -0.2) is 11.5 Å². The number of hydrogen-bond acceptors (Lipinski definition) is 3. The van der Waals surface area contributed by atoms with Gasteiger partial charge in [-0.25, -0.2) is 4.98 Å². The van der Waals surface area contributed by atoms with E-state index < -0.39 is 0 Å². The molecule has 3 rings (SSSR count). The van der Waals surface area contributed by atoms with Crippen LogP contribution in [0.25, 0.3) is 10.2 Å². The van der Waals surface area contributed by atoms with Gasteiger partial charge >= 0.3 is 0 Å². The highest BCUT2D eigenvalue weighted by atomic mass is 32.1. The van der Waals surface area contributed by atoms with E-state index in [2.05, 4.69) is 31.2 Å². The van der Waals surface area contributed by atoms with Crippen molar-refractivity contribution >= 4 is 21.6 Å². The van der Waals surface area contributed by atoms with Gasteiger partial charge in [0.05, 0.1) is 15.2 Å². The highest BCUT2D eigenvalue weighted by molar-refractivity contribution is 7.18. The van der Waals surface area contributed by atoms with E-state index in [-0.39, 0.29) is 0 Å². The number of nitrogens with zero attached hydrogens (tertiary/aromatic N) is 1. The van der Waals surface area contributed by atoms with Crippen molar-refractivity contribution in [1.29, 1.82) is 0 Å². The zero-order valence-corrected chi connectivity index (χ0v) is 12.3. The van der Waals surface area contributed by atoms with Gasteiger partial charge in [-0.3, -0.25) is 0 Å². The second-order valence-corrected chi connectivity index (χ2v) is 6.85. The number of para-hydroxylation sites is 1. The van der Waals surface area contributed by atoms with E-state index in [9.17, 15) is 0 Å². The molecule has 2 N–H and O–H groups in total. The minimum atomic E-state index is 0.452. The second-order valence-electron chi connectivity index (χ2n) is 5.79. The highest BCUT2D eigenvalue weighted by Gasteiger charge is 2.31. The van der Waals surface area contributed by atoms with Crippen LogP contribution in [0.5, 0.6) is 0 Å². The first-order valence-corrected chi connectivity index (χ1v) is 8.16. The topological polar surface area (TPSA) is 38.9 Å². The molecule has 1 aromatic carbocycles. The molecule has 0 saturated heterocycles. The molecule has 2 nitrogen and oxygen atoms in total. The highest BCUT2D eigenvalue weighted by Crippen LogP contribution is 2.41. The molecule has 3 unspecified atom stereocenters. The Morgan fingerprint density at radius 2 is 2.11 bits per heavy atom. The van der Waals surface area contributed by atoms with Gasteiger partial charge in [0.15, 0.2) is 0 Å². The third kappa shape index (κ3) is 2.54. The Morgan fingerprint density at radius 3 is 2.84 bits per heavy atom. The molecule has 1 fully saturated rings. The lowest BCUT2D eigenvalue weighted by Crippen LogP contribution is -2.28. The molecule has 1 aromatic heterocycles. The van der Waals surface area contributed by atoms with Gasteiger partial charge in [0, 0.05) is 12.5 Å². The first kappa shape index (κ1) is 13.1. The Labute approximate surface area is 119 Å². The summed E-state index contributed by atoms with van der Waals surface area (Å²) < 4.78 is 1.29. The van der Waals surface area contributed by atoms with Gasteiger partial charge in [0.25, 0.3) is 0 Å². The van der Waals surface area contributed by atoms with Crippen molar-refractivity contribution in [3.8, 4) is 0 Å². The zero-order valence-electron chi connectivity index (χ0n) is 11.5. The number of fused-ring (bicyclic) bond motifs is 1. The Kier molecular flexibility index (Phi) is 3.85. The van der Waals surface area contributed by atoms with Crippen LogP contribution in [0.4, 0.5) is 0 Å². The smallest absolute Gasteiger partial charge is 0.0985 e. The van der Waals surface area contributed by atoms with E-state index in [1.54, 1.807) is 0 Å². The molecule has 3 atom stereocenters. The maximum absolute atomic E-state index is 6.09. The van der Waals surface area contributed by atoms with Crippen LogP contribution in [0.3, 0.4) is 0 Å². The predicted molar refractivity (Wildman–Crippen MR) is 82.5 cm³/mol. The molecular weight excluding hydrogens is 252 g/mol. The van der Waals surface area contributed by atoms with Crippen LogP contribution in [0, 0.1) is 11.8 Å². The largest absolute Gasteiger partial charge is 0.330 e. The zero-order chi connectivity index (χ0) is 13.2. The van der Waals surface area contributed by atoms with Gasteiger partial charge in [0.2, 0.25) is 0 Å². The molecule has 2 aromatic rings. The Balaban J connectivity index is 1.92. The molecule has 1 saturated carbocycles. The molecule has 1 aliphatic carbocycles. The fourth-order valence-corrected chi connectivity index (χ4v) is 4.61. The molecule has 19 heavy (non-hydrogen) atoms. The van der Waals surface area contributed by atoms with Crippen LogP contribution in [-0.2, 0) is 0 Å². The predicted octanol–water partition coefficient (Wildman–Crippen LogP) is 4.16. The molecule has 102 valence electrons. The number of rotatable bonds is 3. The molecule has 0 bridgehead atoms. The summed E-state index contributed by atoms with van der Waals surface area (Å²) in [6, 6.07) is 8.42. The fourth-order valence-electron chi connectivity index (χ4n) is 3.45. The van der Waals surface area contributed by atoms with E-state index in [0.717, 1.165) is 23.9 Å². The Bertz CT molecular complexity index is 515. The Hall–Kier alpha value is -0.930. The summed E-state index contributed by atoms with van der Waals surface area (Å²) in [4.78, 5) is 4.83. The maximum Gasteiger partial charge on any atom is 0.0985 e. The summed E-state index contributed by atoms with van der Waals surface area (Å²) in [7, 11) is 0. The van der Waals surface area contributed by atoms with Gasteiger partial charge in [-0.2, -0.15) is 0 Å². The minimum Gasteiger partial charge on any atom is -0.330 e. The lowest BCUT2D eigenvalue weighted by Gasteiger charge is -2.33. The van der Waals surface area contributed by atoms with Crippen LogP contribution >= 0.6 is 11.3 Å². The van der Waals surface area contributed by atoms with E-state index in [1.165, 1.54) is 35.4 Å². The number of hydrogen-bond donors (Lipinski definition) is 1. The van der Waals surface area contributed by atoms with Gasteiger partial charge in [-0.15, -0.1) is 11.3 Å². The SMILES string of the molecule is CC1CCCCC1C(CN)c1nc2ccccc2s1. The van der Waals surface area contributed by atoms with Crippen molar-refractivity contribution in [2.45, 2.75) is 38.5 Å². The van der Waals surface area contributed by atoms with Crippen LogP contribution in [0.1, 0.15) is 43.5 Å². The summed E-state index contributed by atoms with van der Waals surface area (Å²) in [5.41, 5.74) is 7.22. The first-order chi connectivity index (χ1) is 9.29. The monoisotopic (exact) mass is 274 g/mol. The van der Waals surface area contributed by atoms with Crippen LogP contribution < -0.4 is 5.73 Å². The fraction of sp³-hybridized carbons (Fsp3) is 0.562. The van der Waals surface area contributed by atoms with E-state index >= 15 is 0 Å². The Morgan fingerprint density at radius 1 is 1.32 bits per heavy atom. The second kappa shape index (κ2) is 5.59. The van der Waals surface area contributed by atoms with Crippen molar-refractivity contribution in [3.63, 3.8) is 0 Å². The van der Waals surface area contributed by atoms with Crippen LogP contribution in [0.15, 0.2) is 24.3 Å². The third-order valence-corrected chi connectivity index (χ3v) is 5.74. The van der Waals surface area contributed by atoms with Crippen molar-refractivity contribution in [1.82, 2.24) is 4.98 Å². The maximum atomic E-state index is 6.09. The number of nitrogens with two attached hydrogens (primary N) is 1. The number of benzene rings is 1. The van der Waals surface area contributed by atoms with Crippen molar-refractivity contribution in [2.24, 2.45) is 17.6 Å². The van der Waals surface area contributed by atoms with E-state index in [4.69, 9.17) is 10.7 Å².